The molecule has 1 atom stereocenters. The summed E-state index contributed by atoms with van der Waals surface area (Å²) in [6.07, 6.45) is 4.39. The van der Waals surface area contributed by atoms with Crippen molar-refractivity contribution in [3.8, 4) is 23.1 Å². The fourth-order valence-electron chi connectivity index (χ4n) is 4.63. The van der Waals surface area contributed by atoms with Crippen molar-refractivity contribution >= 4 is 35.1 Å². The number of carbonyl (C=O) groups excluding carboxylic acids is 2. The maximum atomic E-state index is 12.7. The van der Waals surface area contributed by atoms with E-state index < -0.39 is 6.09 Å². The lowest BCUT2D eigenvalue weighted by Crippen LogP contribution is -2.41. The van der Waals surface area contributed by atoms with Gasteiger partial charge < -0.3 is 24.4 Å². The molecule has 0 aliphatic carbocycles. The number of nitrogens with zero attached hydrogens (tertiary/aromatic N) is 4. The zero-order valence-electron chi connectivity index (χ0n) is 23.3. The van der Waals surface area contributed by atoms with Gasteiger partial charge in [0.05, 0.1) is 12.8 Å². The van der Waals surface area contributed by atoms with Crippen molar-refractivity contribution in [1.29, 1.82) is 0 Å². The standard InChI is InChI=1S/C30H33N5O5S/c1-19(2)27-28(36)35(29(41)33-27)25-10-9-24(17-31-25)40-30(37)34-14-12-21(13-15-34)18-38-22-5-7-23(8-6-22)39-26-11-4-20(3)16-32-26/h4-11,16-17,19,21,27H,12-15,18H2,1-3H3,(H,33,41). The molecule has 2 fully saturated rings. The van der Waals surface area contributed by atoms with Crippen LogP contribution in [0.2, 0.25) is 0 Å². The summed E-state index contributed by atoms with van der Waals surface area (Å²) in [5.74, 6) is 2.98. The molecule has 0 bridgehead atoms. The highest BCUT2D eigenvalue weighted by Gasteiger charge is 2.38. The van der Waals surface area contributed by atoms with Gasteiger partial charge in [-0.15, -0.1) is 0 Å². The van der Waals surface area contributed by atoms with Crippen molar-refractivity contribution in [1.82, 2.24) is 20.2 Å². The maximum absolute atomic E-state index is 12.7. The molecule has 1 N–H and O–H groups in total. The number of hydrogen-bond acceptors (Lipinski definition) is 8. The number of thiocarbonyl (C=S) groups is 1. The van der Waals surface area contributed by atoms with Gasteiger partial charge in [-0.1, -0.05) is 19.9 Å². The van der Waals surface area contributed by atoms with Gasteiger partial charge >= 0.3 is 6.09 Å². The summed E-state index contributed by atoms with van der Waals surface area (Å²) >= 11 is 5.32. The summed E-state index contributed by atoms with van der Waals surface area (Å²) in [4.78, 5) is 37.0. The summed E-state index contributed by atoms with van der Waals surface area (Å²) in [5.41, 5.74) is 1.08. The first-order valence-corrected chi connectivity index (χ1v) is 14.1. The topological polar surface area (TPSA) is 106 Å². The summed E-state index contributed by atoms with van der Waals surface area (Å²) in [5, 5.41) is 3.35. The average Bonchev–Trinajstić information content (AvgIpc) is 3.28. The van der Waals surface area contributed by atoms with Gasteiger partial charge in [0, 0.05) is 25.4 Å². The molecule has 0 saturated carbocycles. The van der Waals surface area contributed by atoms with E-state index in [-0.39, 0.29) is 17.9 Å². The number of pyridine rings is 2. The molecule has 214 valence electrons. The second-order valence-corrected chi connectivity index (χ2v) is 10.9. The van der Waals surface area contributed by atoms with E-state index in [0.717, 1.165) is 24.2 Å². The van der Waals surface area contributed by atoms with Crippen molar-refractivity contribution in [3.63, 3.8) is 0 Å². The number of hydrogen-bond donors (Lipinski definition) is 1. The normalized spacial score (nSPS) is 17.5. The third-order valence-electron chi connectivity index (χ3n) is 7.08. The van der Waals surface area contributed by atoms with Crippen molar-refractivity contribution in [2.45, 2.75) is 39.7 Å². The van der Waals surface area contributed by atoms with Crippen LogP contribution in [0.5, 0.6) is 23.1 Å². The fraction of sp³-hybridized carbons (Fsp3) is 0.367. The summed E-state index contributed by atoms with van der Waals surface area (Å²) in [6.45, 7) is 7.60. The summed E-state index contributed by atoms with van der Waals surface area (Å²) in [7, 11) is 0. The molecule has 3 aromatic rings. The molecule has 0 radical (unpaired) electrons. The van der Waals surface area contributed by atoms with Gasteiger partial charge in [0.15, 0.2) is 10.9 Å². The molecule has 2 aromatic heterocycles. The van der Waals surface area contributed by atoms with Gasteiger partial charge in [-0.3, -0.25) is 4.79 Å². The second kappa shape index (κ2) is 12.5. The van der Waals surface area contributed by atoms with E-state index in [4.69, 9.17) is 26.4 Å². The van der Waals surface area contributed by atoms with Gasteiger partial charge in [0.25, 0.3) is 5.91 Å². The third kappa shape index (κ3) is 6.91. The summed E-state index contributed by atoms with van der Waals surface area (Å²) < 4.78 is 17.3. The van der Waals surface area contributed by atoms with E-state index in [9.17, 15) is 9.59 Å². The Morgan fingerprint density at radius 1 is 1.00 bits per heavy atom. The van der Waals surface area contributed by atoms with Crippen LogP contribution in [0, 0.1) is 18.8 Å². The van der Waals surface area contributed by atoms with Crippen molar-refractivity contribution in [2.75, 3.05) is 24.6 Å². The Hall–Kier alpha value is -4.25. The van der Waals surface area contributed by atoms with Gasteiger partial charge in [0.2, 0.25) is 5.88 Å². The highest BCUT2D eigenvalue weighted by Crippen LogP contribution is 2.26. The van der Waals surface area contributed by atoms with Gasteiger partial charge in [-0.25, -0.2) is 19.7 Å². The van der Waals surface area contributed by atoms with E-state index in [0.29, 0.717) is 53.9 Å². The minimum Gasteiger partial charge on any atom is -0.493 e. The molecule has 5 rings (SSSR count). The number of aryl methyl sites for hydroxylation is 1. The Morgan fingerprint density at radius 2 is 1.71 bits per heavy atom. The van der Waals surface area contributed by atoms with E-state index >= 15 is 0 Å². The molecule has 10 nitrogen and oxygen atoms in total. The van der Waals surface area contributed by atoms with Crippen molar-refractivity contribution in [2.24, 2.45) is 11.8 Å². The molecular formula is C30H33N5O5S. The number of piperidine rings is 1. The highest BCUT2D eigenvalue weighted by atomic mass is 32.1. The number of benzene rings is 1. The van der Waals surface area contributed by atoms with Crippen LogP contribution in [0.15, 0.2) is 60.9 Å². The number of amides is 2. The quantitative estimate of drug-likeness (QED) is 0.367. The molecular weight excluding hydrogens is 542 g/mol. The van der Waals surface area contributed by atoms with Crippen LogP contribution in [0.25, 0.3) is 0 Å². The van der Waals surface area contributed by atoms with Gasteiger partial charge in [0.1, 0.15) is 23.4 Å². The number of aromatic nitrogens is 2. The van der Waals surface area contributed by atoms with E-state index in [1.807, 2.05) is 57.2 Å². The van der Waals surface area contributed by atoms with Gasteiger partial charge in [-0.05, 0) is 85.8 Å². The number of anilines is 1. The Labute approximate surface area is 244 Å². The lowest BCUT2D eigenvalue weighted by Gasteiger charge is -2.31. The fourth-order valence-corrected chi connectivity index (χ4v) is 4.94. The molecule has 41 heavy (non-hydrogen) atoms. The van der Waals surface area contributed by atoms with Crippen molar-refractivity contribution < 1.29 is 23.8 Å². The van der Waals surface area contributed by atoms with Crippen molar-refractivity contribution in [3.05, 3.63) is 66.5 Å². The second-order valence-electron chi connectivity index (χ2n) is 10.6. The molecule has 1 aromatic carbocycles. The molecule has 2 amide bonds. The number of ether oxygens (including phenoxy) is 3. The zero-order chi connectivity index (χ0) is 28.9. The van der Waals surface area contributed by atoms with Crippen LogP contribution < -0.4 is 24.4 Å². The van der Waals surface area contributed by atoms with Crippen LogP contribution >= 0.6 is 12.2 Å². The SMILES string of the molecule is Cc1ccc(Oc2ccc(OCC3CCN(C(=O)Oc4ccc(N5C(=O)C(C(C)C)NC5=S)nc4)CC3)cc2)nc1. The molecule has 2 aliphatic rings. The lowest BCUT2D eigenvalue weighted by atomic mass is 9.98. The zero-order valence-corrected chi connectivity index (χ0v) is 24.1. The lowest BCUT2D eigenvalue weighted by molar-refractivity contribution is -0.119. The minimum atomic E-state index is -0.424. The molecule has 2 aliphatic heterocycles. The number of nitrogens with one attached hydrogen (secondary N) is 1. The van der Waals surface area contributed by atoms with E-state index in [2.05, 4.69) is 15.3 Å². The monoisotopic (exact) mass is 575 g/mol. The highest BCUT2D eigenvalue weighted by molar-refractivity contribution is 7.80. The Morgan fingerprint density at radius 3 is 2.32 bits per heavy atom. The molecule has 1 unspecified atom stereocenters. The molecule has 0 spiro atoms. The molecule has 4 heterocycles. The Bertz CT molecular complexity index is 1370. The van der Waals surface area contributed by atoms with Crippen LogP contribution in [-0.2, 0) is 4.79 Å². The third-order valence-corrected chi connectivity index (χ3v) is 7.38. The smallest absolute Gasteiger partial charge is 0.415 e. The molecule has 2 saturated heterocycles. The largest absolute Gasteiger partial charge is 0.493 e. The van der Waals surface area contributed by atoms with Crippen LogP contribution in [0.4, 0.5) is 10.6 Å². The van der Waals surface area contributed by atoms with E-state index in [1.54, 1.807) is 23.2 Å². The number of likely N-dealkylation sites (tertiary alicyclic amines) is 1. The van der Waals surface area contributed by atoms with E-state index in [1.165, 1.54) is 11.1 Å². The minimum absolute atomic E-state index is 0.0932. The van der Waals surface area contributed by atoms with Crippen LogP contribution in [-0.4, -0.2) is 57.7 Å². The van der Waals surface area contributed by atoms with Crippen LogP contribution in [0.3, 0.4) is 0 Å². The number of rotatable bonds is 8. The Balaban J connectivity index is 1.05. The maximum Gasteiger partial charge on any atom is 0.415 e. The molecule has 11 heteroatoms. The van der Waals surface area contributed by atoms with Crippen LogP contribution in [0.1, 0.15) is 32.3 Å². The summed E-state index contributed by atoms with van der Waals surface area (Å²) in [6, 6.07) is 14.1. The Kier molecular flexibility index (Phi) is 8.63. The predicted octanol–water partition coefficient (Wildman–Crippen LogP) is 5.11. The average molecular weight is 576 g/mol. The first kappa shape index (κ1) is 28.3. The first-order valence-electron chi connectivity index (χ1n) is 13.7. The predicted molar refractivity (Wildman–Crippen MR) is 157 cm³/mol. The first-order chi connectivity index (χ1) is 19.8. The van der Waals surface area contributed by atoms with Gasteiger partial charge in [-0.2, -0.15) is 0 Å². The number of carbonyl (C=O) groups is 2.